The molecular formula is C10H16O3S. The molecule has 0 amide bonds. The van der Waals surface area contributed by atoms with Gasteiger partial charge in [0, 0.05) is 6.42 Å². The van der Waals surface area contributed by atoms with Crippen LogP contribution in [0, 0.1) is 11.8 Å². The van der Waals surface area contributed by atoms with E-state index in [-0.39, 0.29) is 0 Å². The van der Waals surface area contributed by atoms with Crippen molar-refractivity contribution in [3.63, 3.8) is 0 Å². The predicted octanol–water partition coefficient (Wildman–Crippen LogP) is 1.69. The minimum Gasteiger partial charge on any atom is -0.254 e. The average Bonchev–Trinajstić information content (AvgIpc) is 2.15. The van der Waals surface area contributed by atoms with Gasteiger partial charge in [-0.1, -0.05) is 18.8 Å². The first-order valence-electron chi connectivity index (χ1n) is 4.94. The second kappa shape index (κ2) is 5.38. The molecule has 1 rings (SSSR count). The molecule has 80 valence electrons. The summed E-state index contributed by atoms with van der Waals surface area (Å²) in [7, 11) is -3.37. The van der Waals surface area contributed by atoms with E-state index in [9.17, 15) is 8.42 Å². The third-order valence-electron chi connectivity index (χ3n) is 2.07. The Morgan fingerprint density at radius 1 is 1.21 bits per heavy atom. The van der Waals surface area contributed by atoms with Crippen molar-refractivity contribution in [2.45, 2.75) is 44.6 Å². The molecule has 1 atom stereocenters. The highest BCUT2D eigenvalue weighted by atomic mass is 32.2. The van der Waals surface area contributed by atoms with Crippen molar-refractivity contribution < 1.29 is 12.6 Å². The Hall–Kier alpha value is -0.530. The van der Waals surface area contributed by atoms with Crippen molar-refractivity contribution in [3.05, 3.63) is 0 Å². The highest BCUT2D eigenvalue weighted by molar-refractivity contribution is 7.86. The van der Waals surface area contributed by atoms with Crippen LogP contribution in [0.3, 0.4) is 0 Å². The average molecular weight is 216 g/mol. The van der Waals surface area contributed by atoms with Crippen molar-refractivity contribution in [2.75, 3.05) is 6.26 Å². The summed E-state index contributed by atoms with van der Waals surface area (Å²) in [4.78, 5) is 0. The maximum Gasteiger partial charge on any atom is 0.265 e. The molecule has 0 aromatic heterocycles. The molecule has 0 aliphatic heterocycles. The standard InChI is InChI=1S/C10H16O3S/c1-14(11,12)13-10-8-6-4-2-3-5-7-9-10/h10H,2-6,8H2,1H3. The zero-order valence-corrected chi connectivity index (χ0v) is 9.27. The van der Waals surface area contributed by atoms with E-state index in [1.807, 2.05) is 0 Å². The van der Waals surface area contributed by atoms with E-state index in [1.165, 1.54) is 6.42 Å². The summed E-state index contributed by atoms with van der Waals surface area (Å²) in [6.07, 6.45) is 6.63. The van der Waals surface area contributed by atoms with Gasteiger partial charge in [-0.3, -0.25) is 4.18 Å². The lowest BCUT2D eigenvalue weighted by atomic mass is 10.1. The summed E-state index contributed by atoms with van der Waals surface area (Å²) < 4.78 is 26.7. The zero-order valence-electron chi connectivity index (χ0n) is 8.45. The number of rotatable bonds is 2. The van der Waals surface area contributed by atoms with Gasteiger partial charge in [-0.2, -0.15) is 8.42 Å². The topological polar surface area (TPSA) is 43.4 Å². The Bertz CT molecular complexity index is 321. The quantitative estimate of drug-likeness (QED) is 0.521. The van der Waals surface area contributed by atoms with Crippen LogP contribution in [-0.2, 0) is 14.3 Å². The van der Waals surface area contributed by atoms with E-state index in [2.05, 4.69) is 11.8 Å². The number of hydrogen-bond donors (Lipinski definition) is 0. The lowest BCUT2D eigenvalue weighted by Crippen LogP contribution is -2.15. The highest BCUT2D eigenvalue weighted by Crippen LogP contribution is 2.12. The Balaban J connectivity index is 2.55. The normalized spacial score (nSPS) is 23.9. The molecule has 0 aromatic rings. The summed E-state index contributed by atoms with van der Waals surface area (Å²) in [5.74, 6) is 5.83. The summed E-state index contributed by atoms with van der Waals surface area (Å²) in [6, 6.07) is 0. The van der Waals surface area contributed by atoms with Gasteiger partial charge in [-0.25, -0.2) is 0 Å². The Morgan fingerprint density at radius 2 is 1.93 bits per heavy atom. The monoisotopic (exact) mass is 216 g/mol. The van der Waals surface area contributed by atoms with Crippen LogP contribution >= 0.6 is 0 Å². The smallest absolute Gasteiger partial charge is 0.254 e. The summed E-state index contributed by atoms with van der Waals surface area (Å²) in [5, 5.41) is 0. The molecule has 0 fully saturated rings. The van der Waals surface area contributed by atoms with E-state index in [4.69, 9.17) is 4.18 Å². The first-order chi connectivity index (χ1) is 6.58. The zero-order chi connectivity index (χ0) is 10.4. The molecule has 0 saturated heterocycles. The van der Waals surface area contributed by atoms with Crippen LogP contribution in [0.4, 0.5) is 0 Å². The van der Waals surface area contributed by atoms with Crippen LogP contribution in [0.1, 0.15) is 38.5 Å². The molecule has 0 radical (unpaired) electrons. The second-order valence-electron chi connectivity index (χ2n) is 3.56. The van der Waals surface area contributed by atoms with Gasteiger partial charge in [0.2, 0.25) is 0 Å². The molecule has 0 bridgehead atoms. The van der Waals surface area contributed by atoms with Gasteiger partial charge in [0.1, 0.15) is 6.10 Å². The fourth-order valence-corrected chi connectivity index (χ4v) is 2.00. The van der Waals surface area contributed by atoms with Gasteiger partial charge in [0.05, 0.1) is 6.26 Å². The molecule has 1 aliphatic rings. The third kappa shape index (κ3) is 5.25. The maximum absolute atomic E-state index is 10.9. The minimum atomic E-state index is -3.37. The molecule has 3 nitrogen and oxygen atoms in total. The van der Waals surface area contributed by atoms with Gasteiger partial charge < -0.3 is 0 Å². The molecule has 14 heavy (non-hydrogen) atoms. The summed E-state index contributed by atoms with van der Waals surface area (Å²) >= 11 is 0. The largest absolute Gasteiger partial charge is 0.265 e. The first kappa shape index (κ1) is 11.5. The second-order valence-corrected chi connectivity index (χ2v) is 5.16. The molecule has 0 heterocycles. The lowest BCUT2D eigenvalue weighted by Gasteiger charge is -2.08. The van der Waals surface area contributed by atoms with Gasteiger partial charge in [0.25, 0.3) is 10.1 Å². The van der Waals surface area contributed by atoms with Crippen molar-refractivity contribution in [1.82, 2.24) is 0 Å². The fourth-order valence-electron chi connectivity index (χ4n) is 1.44. The predicted molar refractivity (Wildman–Crippen MR) is 55.2 cm³/mol. The molecule has 1 aliphatic carbocycles. The van der Waals surface area contributed by atoms with Crippen LogP contribution < -0.4 is 0 Å². The van der Waals surface area contributed by atoms with Crippen LogP contribution in [-0.4, -0.2) is 20.8 Å². The van der Waals surface area contributed by atoms with Gasteiger partial charge in [-0.15, -0.1) is 5.92 Å². The molecule has 4 heteroatoms. The van der Waals surface area contributed by atoms with Gasteiger partial charge in [0.15, 0.2) is 0 Å². The first-order valence-corrected chi connectivity index (χ1v) is 6.76. The van der Waals surface area contributed by atoms with Crippen LogP contribution in [0.2, 0.25) is 0 Å². The SMILES string of the molecule is CS(=O)(=O)OC1C#CCCCCCC1. The Kier molecular flexibility index (Phi) is 4.43. The van der Waals surface area contributed by atoms with Crippen LogP contribution in [0.15, 0.2) is 0 Å². The van der Waals surface area contributed by atoms with Crippen molar-refractivity contribution in [2.24, 2.45) is 0 Å². The molecule has 0 spiro atoms. The van der Waals surface area contributed by atoms with E-state index in [0.29, 0.717) is 0 Å². The Labute approximate surface area is 86.0 Å². The number of hydrogen-bond acceptors (Lipinski definition) is 3. The van der Waals surface area contributed by atoms with Crippen molar-refractivity contribution in [1.29, 1.82) is 0 Å². The highest BCUT2D eigenvalue weighted by Gasteiger charge is 2.12. The Morgan fingerprint density at radius 3 is 2.64 bits per heavy atom. The van der Waals surface area contributed by atoms with Crippen LogP contribution in [0.25, 0.3) is 0 Å². The fraction of sp³-hybridized carbons (Fsp3) is 0.800. The molecule has 0 N–H and O–H groups in total. The van der Waals surface area contributed by atoms with E-state index < -0.39 is 16.2 Å². The molecular weight excluding hydrogens is 200 g/mol. The van der Waals surface area contributed by atoms with E-state index in [1.54, 1.807) is 0 Å². The van der Waals surface area contributed by atoms with Crippen LogP contribution in [0.5, 0.6) is 0 Å². The van der Waals surface area contributed by atoms with Gasteiger partial charge >= 0.3 is 0 Å². The molecule has 0 saturated carbocycles. The van der Waals surface area contributed by atoms with Crippen molar-refractivity contribution in [3.8, 4) is 11.8 Å². The van der Waals surface area contributed by atoms with E-state index in [0.717, 1.165) is 38.4 Å². The summed E-state index contributed by atoms with van der Waals surface area (Å²) in [6.45, 7) is 0. The van der Waals surface area contributed by atoms with E-state index >= 15 is 0 Å². The molecule has 1 unspecified atom stereocenters. The van der Waals surface area contributed by atoms with Gasteiger partial charge in [-0.05, 0) is 19.3 Å². The summed E-state index contributed by atoms with van der Waals surface area (Å²) in [5.41, 5.74) is 0. The minimum absolute atomic E-state index is 0.428. The lowest BCUT2D eigenvalue weighted by molar-refractivity contribution is 0.251. The van der Waals surface area contributed by atoms with Crippen molar-refractivity contribution >= 4 is 10.1 Å². The molecule has 0 aromatic carbocycles. The maximum atomic E-state index is 10.9. The third-order valence-corrected chi connectivity index (χ3v) is 2.65.